The normalized spacial score (nSPS) is 14.4. The highest BCUT2D eigenvalue weighted by atomic mass is 16.6. The topological polar surface area (TPSA) is 90.2 Å². The maximum atomic E-state index is 11.2. The number of nitrogens with zero attached hydrogens (tertiary/aromatic N) is 3. The third-order valence-electron chi connectivity index (χ3n) is 4.86. The van der Waals surface area contributed by atoms with Crippen molar-refractivity contribution in [1.29, 1.82) is 0 Å². The van der Waals surface area contributed by atoms with Crippen LogP contribution in [-0.4, -0.2) is 21.0 Å². The highest BCUT2D eigenvalue weighted by Crippen LogP contribution is 2.31. The predicted molar refractivity (Wildman–Crippen MR) is 103 cm³/mol. The Morgan fingerprint density at radius 1 is 1.11 bits per heavy atom. The zero-order valence-electron chi connectivity index (χ0n) is 14.8. The number of rotatable bonds is 6. The summed E-state index contributed by atoms with van der Waals surface area (Å²) in [5, 5.41) is 15.8. The number of nitro groups is 1. The van der Waals surface area contributed by atoms with Gasteiger partial charge in [0, 0.05) is 48.3 Å². The molecule has 1 fully saturated rings. The van der Waals surface area contributed by atoms with Crippen molar-refractivity contribution in [2.45, 2.75) is 38.3 Å². The van der Waals surface area contributed by atoms with Crippen LogP contribution in [0.15, 0.2) is 48.9 Å². The van der Waals surface area contributed by atoms with Gasteiger partial charge in [0.2, 0.25) is 5.88 Å². The van der Waals surface area contributed by atoms with Crippen molar-refractivity contribution < 1.29 is 9.66 Å². The number of hydrogen-bond acceptors (Lipinski definition) is 6. The number of benzene rings is 1. The lowest BCUT2D eigenvalue weighted by Crippen LogP contribution is -2.11. The molecular formula is C20H20N4O3. The number of non-ortho nitro benzene ring substituents is 1. The fraction of sp³-hybridized carbons (Fsp3) is 0.300. The Hall–Kier alpha value is -3.22. The summed E-state index contributed by atoms with van der Waals surface area (Å²) in [6.07, 6.45) is 9.91. The molecule has 3 aromatic rings. The van der Waals surface area contributed by atoms with Gasteiger partial charge in [-0.25, -0.2) is 4.98 Å². The van der Waals surface area contributed by atoms with Gasteiger partial charge in [-0.1, -0.05) is 6.07 Å². The third-order valence-corrected chi connectivity index (χ3v) is 4.86. The van der Waals surface area contributed by atoms with Crippen LogP contribution in [0, 0.1) is 10.1 Å². The van der Waals surface area contributed by atoms with E-state index in [1.54, 1.807) is 24.5 Å². The highest BCUT2D eigenvalue weighted by molar-refractivity contribution is 5.99. The summed E-state index contributed by atoms with van der Waals surface area (Å²) in [7, 11) is 0. The molecule has 27 heavy (non-hydrogen) atoms. The molecule has 0 amide bonds. The van der Waals surface area contributed by atoms with Gasteiger partial charge in [0.25, 0.3) is 5.69 Å². The van der Waals surface area contributed by atoms with Crippen LogP contribution in [0.1, 0.15) is 31.2 Å². The SMILES string of the molecule is O=[N+]([O-])c1ccc(NCc2ccc(OC3CCCC3)nc2)c2ccncc12. The molecule has 0 radical (unpaired) electrons. The van der Waals surface area contributed by atoms with Crippen LogP contribution in [0.2, 0.25) is 0 Å². The average Bonchev–Trinajstić information content (AvgIpc) is 3.20. The van der Waals surface area contributed by atoms with Crippen LogP contribution in [0.4, 0.5) is 11.4 Å². The summed E-state index contributed by atoms with van der Waals surface area (Å²) in [4.78, 5) is 19.2. The van der Waals surface area contributed by atoms with E-state index >= 15 is 0 Å². The molecule has 0 spiro atoms. The van der Waals surface area contributed by atoms with Crippen LogP contribution in [-0.2, 0) is 6.54 Å². The molecule has 138 valence electrons. The van der Waals surface area contributed by atoms with Crippen molar-refractivity contribution in [2.75, 3.05) is 5.32 Å². The van der Waals surface area contributed by atoms with Gasteiger partial charge >= 0.3 is 0 Å². The number of nitrogens with one attached hydrogen (secondary N) is 1. The third kappa shape index (κ3) is 3.81. The smallest absolute Gasteiger partial charge is 0.278 e. The van der Waals surface area contributed by atoms with E-state index in [4.69, 9.17) is 4.74 Å². The molecule has 1 aromatic carbocycles. The van der Waals surface area contributed by atoms with Gasteiger partial charge < -0.3 is 10.1 Å². The Morgan fingerprint density at radius 2 is 1.96 bits per heavy atom. The van der Waals surface area contributed by atoms with E-state index in [-0.39, 0.29) is 10.6 Å². The second kappa shape index (κ2) is 7.57. The van der Waals surface area contributed by atoms with Crippen molar-refractivity contribution in [3.05, 3.63) is 64.6 Å². The molecule has 1 aliphatic carbocycles. The number of aromatic nitrogens is 2. The number of anilines is 1. The van der Waals surface area contributed by atoms with Crippen molar-refractivity contribution in [3.8, 4) is 5.88 Å². The predicted octanol–water partition coefficient (Wildman–Crippen LogP) is 4.47. The lowest BCUT2D eigenvalue weighted by molar-refractivity contribution is -0.383. The zero-order chi connectivity index (χ0) is 18.6. The van der Waals surface area contributed by atoms with Gasteiger partial charge in [0.05, 0.1) is 10.3 Å². The van der Waals surface area contributed by atoms with Crippen LogP contribution in [0.5, 0.6) is 5.88 Å². The first-order valence-corrected chi connectivity index (χ1v) is 9.07. The molecule has 0 unspecified atom stereocenters. The molecule has 1 aliphatic rings. The number of pyridine rings is 2. The van der Waals surface area contributed by atoms with E-state index in [1.807, 2.05) is 12.1 Å². The molecular weight excluding hydrogens is 344 g/mol. The lowest BCUT2D eigenvalue weighted by atomic mass is 10.1. The van der Waals surface area contributed by atoms with Gasteiger partial charge in [-0.3, -0.25) is 15.1 Å². The van der Waals surface area contributed by atoms with Crippen LogP contribution in [0.3, 0.4) is 0 Å². The number of nitro benzene ring substituents is 1. The van der Waals surface area contributed by atoms with Gasteiger partial charge in [-0.2, -0.15) is 0 Å². The maximum Gasteiger partial charge on any atom is 0.278 e. The molecule has 1 N–H and O–H groups in total. The van der Waals surface area contributed by atoms with E-state index in [9.17, 15) is 10.1 Å². The standard InChI is InChI=1S/C20H20N4O3/c25-24(26)19-7-6-18(16-9-10-21-13-17(16)19)22-11-14-5-8-20(23-12-14)27-15-3-1-2-4-15/h5-10,12-13,15,22H,1-4,11H2. The summed E-state index contributed by atoms with van der Waals surface area (Å²) in [6.45, 7) is 0.561. The van der Waals surface area contributed by atoms with Crippen molar-refractivity contribution in [2.24, 2.45) is 0 Å². The minimum Gasteiger partial charge on any atom is -0.474 e. The highest BCUT2D eigenvalue weighted by Gasteiger charge is 2.17. The van der Waals surface area contributed by atoms with Crippen LogP contribution < -0.4 is 10.1 Å². The minimum absolute atomic E-state index is 0.0544. The number of hydrogen-bond donors (Lipinski definition) is 1. The van der Waals surface area contributed by atoms with Crippen LogP contribution in [0.25, 0.3) is 10.8 Å². The molecule has 7 nitrogen and oxygen atoms in total. The molecule has 0 saturated heterocycles. The van der Waals surface area contributed by atoms with E-state index in [2.05, 4.69) is 15.3 Å². The Balaban J connectivity index is 1.47. The summed E-state index contributed by atoms with van der Waals surface area (Å²) in [5.74, 6) is 0.664. The van der Waals surface area contributed by atoms with Crippen molar-refractivity contribution >= 4 is 22.1 Å². The monoisotopic (exact) mass is 364 g/mol. The van der Waals surface area contributed by atoms with Gasteiger partial charge in [0.1, 0.15) is 6.10 Å². The molecule has 0 bridgehead atoms. The minimum atomic E-state index is -0.388. The Morgan fingerprint density at radius 3 is 2.70 bits per heavy atom. The quantitative estimate of drug-likeness (QED) is 0.512. The first-order valence-electron chi connectivity index (χ1n) is 9.07. The molecule has 7 heteroatoms. The van der Waals surface area contributed by atoms with E-state index < -0.39 is 0 Å². The van der Waals surface area contributed by atoms with Gasteiger partial charge in [0.15, 0.2) is 0 Å². The van der Waals surface area contributed by atoms with E-state index in [1.165, 1.54) is 25.1 Å². The average molecular weight is 364 g/mol. The Bertz CT molecular complexity index is 953. The summed E-state index contributed by atoms with van der Waals surface area (Å²) >= 11 is 0. The Kier molecular flexibility index (Phi) is 4.82. The van der Waals surface area contributed by atoms with E-state index in [0.29, 0.717) is 23.9 Å². The van der Waals surface area contributed by atoms with Crippen molar-refractivity contribution in [1.82, 2.24) is 9.97 Å². The molecule has 0 atom stereocenters. The lowest BCUT2D eigenvalue weighted by Gasteiger charge is -2.13. The second-order valence-corrected chi connectivity index (χ2v) is 6.69. The second-order valence-electron chi connectivity index (χ2n) is 6.69. The molecule has 2 aromatic heterocycles. The van der Waals surface area contributed by atoms with Crippen molar-refractivity contribution in [3.63, 3.8) is 0 Å². The van der Waals surface area contributed by atoms with Gasteiger partial charge in [-0.05, 0) is 43.4 Å². The first kappa shape index (κ1) is 17.2. The summed E-state index contributed by atoms with van der Waals surface area (Å²) < 4.78 is 5.88. The largest absolute Gasteiger partial charge is 0.474 e. The molecule has 2 heterocycles. The molecule has 4 rings (SSSR count). The first-order chi connectivity index (χ1) is 13.2. The summed E-state index contributed by atoms with van der Waals surface area (Å²) in [5.41, 5.74) is 1.89. The number of ether oxygens (including phenoxy) is 1. The summed E-state index contributed by atoms with van der Waals surface area (Å²) in [6, 6.07) is 8.89. The fourth-order valence-corrected chi connectivity index (χ4v) is 3.45. The Labute approximate surface area is 156 Å². The zero-order valence-corrected chi connectivity index (χ0v) is 14.8. The fourth-order valence-electron chi connectivity index (χ4n) is 3.45. The van der Waals surface area contributed by atoms with E-state index in [0.717, 1.165) is 29.5 Å². The van der Waals surface area contributed by atoms with Crippen LogP contribution >= 0.6 is 0 Å². The molecule has 1 saturated carbocycles. The van der Waals surface area contributed by atoms with Gasteiger partial charge in [-0.15, -0.1) is 0 Å². The molecule has 0 aliphatic heterocycles. The number of fused-ring (bicyclic) bond motifs is 1. The maximum absolute atomic E-state index is 11.2.